The smallest absolute Gasteiger partial charge is 0.222 e. The minimum Gasteiger partial charge on any atom is -0.368 e. The lowest BCUT2D eigenvalue weighted by Gasteiger charge is -2.27. The van der Waals surface area contributed by atoms with Crippen molar-refractivity contribution in [3.05, 3.63) is 34.4 Å². The summed E-state index contributed by atoms with van der Waals surface area (Å²) >= 11 is 1.63. The van der Waals surface area contributed by atoms with Crippen molar-refractivity contribution in [2.24, 2.45) is 0 Å². The van der Waals surface area contributed by atoms with Crippen LogP contribution in [-0.2, 0) is 6.54 Å². The van der Waals surface area contributed by atoms with E-state index in [0.29, 0.717) is 6.54 Å². The van der Waals surface area contributed by atoms with Crippen molar-refractivity contribution in [2.75, 3.05) is 10.6 Å². The van der Waals surface area contributed by atoms with Crippen LogP contribution in [0.2, 0.25) is 0 Å². The minimum absolute atomic E-state index is 0.0863. The van der Waals surface area contributed by atoms with Crippen LogP contribution in [0.15, 0.2) is 23.7 Å². The lowest BCUT2D eigenvalue weighted by atomic mass is 10.3. The third-order valence-corrected chi connectivity index (χ3v) is 3.41. The van der Waals surface area contributed by atoms with Crippen molar-refractivity contribution < 1.29 is 4.39 Å². The molecule has 0 radical (unpaired) electrons. The van der Waals surface area contributed by atoms with Gasteiger partial charge in [-0.3, -0.25) is 0 Å². The van der Waals surface area contributed by atoms with Crippen LogP contribution in [0.3, 0.4) is 0 Å². The second-order valence-corrected chi connectivity index (χ2v) is 5.23. The molecule has 2 aromatic rings. The predicted octanol–water partition coefficient (Wildman–Crippen LogP) is 2.67. The number of rotatable bonds is 4. The maximum absolute atomic E-state index is 13.8. The highest BCUT2D eigenvalue weighted by Crippen LogP contribution is 2.23. The molecule has 6 heteroatoms. The number of nitrogens with two attached hydrogens (primary N) is 1. The summed E-state index contributed by atoms with van der Waals surface area (Å²) in [5, 5.41) is 2.00. The molecule has 0 aliphatic heterocycles. The zero-order chi connectivity index (χ0) is 13.1. The van der Waals surface area contributed by atoms with Gasteiger partial charge in [0.15, 0.2) is 11.6 Å². The average molecular weight is 266 g/mol. The van der Waals surface area contributed by atoms with Gasteiger partial charge >= 0.3 is 0 Å². The summed E-state index contributed by atoms with van der Waals surface area (Å²) in [6.45, 7) is 4.60. The number of nitrogen functional groups attached to an aromatic ring is 1. The molecule has 0 fully saturated rings. The van der Waals surface area contributed by atoms with Crippen LogP contribution in [0.4, 0.5) is 16.2 Å². The summed E-state index contributed by atoms with van der Waals surface area (Å²) in [5.41, 5.74) is 5.53. The van der Waals surface area contributed by atoms with E-state index in [1.54, 1.807) is 11.3 Å². The summed E-state index contributed by atoms with van der Waals surface area (Å²) in [4.78, 5) is 10.7. The quantitative estimate of drug-likeness (QED) is 0.924. The van der Waals surface area contributed by atoms with Gasteiger partial charge in [0, 0.05) is 10.9 Å². The average Bonchev–Trinajstić information content (AvgIpc) is 2.82. The molecule has 0 amide bonds. The molecular formula is C12H15FN4S. The van der Waals surface area contributed by atoms with Gasteiger partial charge in [0.2, 0.25) is 5.95 Å². The normalized spacial score (nSPS) is 10.9. The third kappa shape index (κ3) is 2.76. The third-order valence-electron chi connectivity index (χ3n) is 2.55. The van der Waals surface area contributed by atoms with Crippen molar-refractivity contribution in [1.82, 2.24) is 9.97 Å². The first-order chi connectivity index (χ1) is 8.58. The highest BCUT2D eigenvalue weighted by atomic mass is 32.1. The first-order valence-corrected chi connectivity index (χ1v) is 6.53. The second-order valence-electron chi connectivity index (χ2n) is 4.20. The van der Waals surface area contributed by atoms with E-state index in [-0.39, 0.29) is 17.8 Å². The summed E-state index contributed by atoms with van der Waals surface area (Å²) in [6.07, 6.45) is 1.11. The van der Waals surface area contributed by atoms with Crippen LogP contribution in [0.1, 0.15) is 18.7 Å². The predicted molar refractivity (Wildman–Crippen MR) is 72.0 cm³/mol. The second kappa shape index (κ2) is 5.30. The Bertz CT molecular complexity index is 513. The molecule has 0 unspecified atom stereocenters. The Morgan fingerprint density at radius 2 is 2.28 bits per heavy atom. The van der Waals surface area contributed by atoms with Gasteiger partial charge in [-0.25, -0.2) is 9.37 Å². The van der Waals surface area contributed by atoms with Crippen molar-refractivity contribution in [3.63, 3.8) is 0 Å². The maximum atomic E-state index is 13.8. The Kier molecular flexibility index (Phi) is 3.76. The number of aromatic nitrogens is 2. The van der Waals surface area contributed by atoms with Crippen molar-refractivity contribution in [1.29, 1.82) is 0 Å². The molecule has 2 rings (SSSR count). The molecule has 0 aliphatic rings. The van der Waals surface area contributed by atoms with E-state index in [2.05, 4.69) is 9.97 Å². The van der Waals surface area contributed by atoms with Crippen molar-refractivity contribution in [2.45, 2.75) is 26.4 Å². The highest BCUT2D eigenvalue weighted by Gasteiger charge is 2.18. The fraction of sp³-hybridized carbons (Fsp3) is 0.333. The molecule has 4 nitrogen and oxygen atoms in total. The summed E-state index contributed by atoms with van der Waals surface area (Å²) in [6, 6.07) is 4.11. The van der Waals surface area contributed by atoms with Gasteiger partial charge in [-0.15, -0.1) is 11.3 Å². The van der Waals surface area contributed by atoms with Gasteiger partial charge in [-0.05, 0) is 25.3 Å². The Morgan fingerprint density at radius 3 is 2.89 bits per heavy atom. The molecule has 0 bridgehead atoms. The van der Waals surface area contributed by atoms with Gasteiger partial charge < -0.3 is 10.6 Å². The van der Waals surface area contributed by atoms with Gasteiger partial charge in [0.1, 0.15) is 0 Å². The zero-order valence-electron chi connectivity index (χ0n) is 10.3. The molecule has 18 heavy (non-hydrogen) atoms. The molecule has 0 saturated heterocycles. The van der Waals surface area contributed by atoms with Crippen molar-refractivity contribution in [3.8, 4) is 0 Å². The molecule has 2 heterocycles. The molecule has 0 aromatic carbocycles. The molecule has 0 spiro atoms. The summed E-state index contributed by atoms with van der Waals surface area (Å²) in [5.74, 6) is -0.108. The van der Waals surface area contributed by atoms with Crippen LogP contribution in [0.5, 0.6) is 0 Å². The van der Waals surface area contributed by atoms with E-state index < -0.39 is 5.82 Å². The maximum Gasteiger partial charge on any atom is 0.222 e. The van der Waals surface area contributed by atoms with Crippen LogP contribution in [0.25, 0.3) is 0 Å². The van der Waals surface area contributed by atoms with Crippen LogP contribution >= 0.6 is 11.3 Å². The van der Waals surface area contributed by atoms with Gasteiger partial charge in [-0.2, -0.15) is 4.98 Å². The van der Waals surface area contributed by atoms with E-state index in [9.17, 15) is 4.39 Å². The summed E-state index contributed by atoms with van der Waals surface area (Å²) < 4.78 is 13.8. The molecular weight excluding hydrogens is 251 g/mol. The van der Waals surface area contributed by atoms with Crippen LogP contribution < -0.4 is 10.6 Å². The lowest BCUT2D eigenvalue weighted by Crippen LogP contribution is -2.31. The number of nitrogens with zero attached hydrogens (tertiary/aromatic N) is 3. The lowest BCUT2D eigenvalue weighted by molar-refractivity contribution is 0.584. The topological polar surface area (TPSA) is 55.0 Å². The molecule has 96 valence electrons. The van der Waals surface area contributed by atoms with E-state index in [1.165, 1.54) is 0 Å². The van der Waals surface area contributed by atoms with E-state index in [1.807, 2.05) is 36.3 Å². The van der Waals surface area contributed by atoms with Gasteiger partial charge in [0.25, 0.3) is 0 Å². The first-order valence-electron chi connectivity index (χ1n) is 5.65. The number of thiophene rings is 1. The highest BCUT2D eigenvalue weighted by molar-refractivity contribution is 7.09. The Hall–Kier alpha value is -1.69. The molecule has 2 aromatic heterocycles. The molecule has 0 saturated carbocycles. The zero-order valence-corrected chi connectivity index (χ0v) is 11.1. The molecule has 0 aliphatic carbocycles. The van der Waals surface area contributed by atoms with E-state index in [4.69, 9.17) is 5.73 Å². The number of hydrogen-bond acceptors (Lipinski definition) is 5. The van der Waals surface area contributed by atoms with Gasteiger partial charge in [0.05, 0.1) is 12.7 Å². The molecule has 2 N–H and O–H groups in total. The molecule has 0 atom stereocenters. The minimum atomic E-state index is -0.450. The Balaban J connectivity index is 2.32. The van der Waals surface area contributed by atoms with E-state index >= 15 is 0 Å². The Labute approximate surface area is 109 Å². The standard InChI is InChI=1S/C12H15FN4S/c1-8(2)17(7-9-4-3-5-18-9)11-10(13)6-15-12(14)16-11/h3-6,8H,7H2,1-2H3,(H2,14,15,16). The fourth-order valence-corrected chi connectivity index (χ4v) is 2.35. The number of anilines is 2. The van der Waals surface area contributed by atoms with Crippen molar-refractivity contribution >= 4 is 23.1 Å². The number of halogens is 1. The fourth-order valence-electron chi connectivity index (χ4n) is 1.65. The Morgan fingerprint density at radius 1 is 1.50 bits per heavy atom. The largest absolute Gasteiger partial charge is 0.368 e. The monoisotopic (exact) mass is 266 g/mol. The SMILES string of the molecule is CC(C)N(Cc1cccs1)c1nc(N)ncc1F. The first kappa shape index (κ1) is 12.8. The summed E-state index contributed by atoms with van der Waals surface area (Å²) in [7, 11) is 0. The van der Waals surface area contributed by atoms with Crippen LogP contribution in [0, 0.1) is 5.82 Å². The van der Waals surface area contributed by atoms with E-state index in [0.717, 1.165) is 11.1 Å². The van der Waals surface area contributed by atoms with Gasteiger partial charge in [-0.1, -0.05) is 6.07 Å². The number of hydrogen-bond donors (Lipinski definition) is 1. The van der Waals surface area contributed by atoms with Crippen LogP contribution in [-0.4, -0.2) is 16.0 Å².